The van der Waals surface area contributed by atoms with Crippen LogP contribution in [0.4, 0.5) is 0 Å². The highest BCUT2D eigenvalue weighted by atomic mass is 32.1. The van der Waals surface area contributed by atoms with E-state index in [9.17, 15) is 9.90 Å². The van der Waals surface area contributed by atoms with E-state index in [4.69, 9.17) is 4.52 Å². The summed E-state index contributed by atoms with van der Waals surface area (Å²) in [5, 5.41) is 17.1. The SMILES string of the molecule is O=C(O)c1sc2ccccc2c1CNCCc1ncno1. The summed E-state index contributed by atoms with van der Waals surface area (Å²) in [6.07, 6.45) is 1.98. The number of carboxylic acids is 1. The lowest BCUT2D eigenvalue weighted by atomic mass is 10.1. The number of hydrogen-bond donors (Lipinski definition) is 2. The van der Waals surface area contributed by atoms with Crippen molar-refractivity contribution >= 4 is 27.4 Å². The third-order valence-electron chi connectivity index (χ3n) is 3.12. The average molecular weight is 303 g/mol. The lowest BCUT2D eigenvalue weighted by Crippen LogP contribution is -2.18. The molecule has 0 fully saturated rings. The largest absolute Gasteiger partial charge is 0.477 e. The van der Waals surface area contributed by atoms with E-state index in [1.54, 1.807) is 0 Å². The Morgan fingerprint density at radius 1 is 1.38 bits per heavy atom. The van der Waals surface area contributed by atoms with E-state index in [1.165, 1.54) is 17.7 Å². The molecular formula is C14H13N3O3S. The standard InChI is InChI=1S/C14H13N3O3S/c18-14(19)13-10(9-3-1-2-4-11(9)21-13)7-15-6-5-12-16-8-17-20-12/h1-4,8,15H,5-7H2,(H,18,19). The van der Waals surface area contributed by atoms with Gasteiger partial charge >= 0.3 is 5.97 Å². The summed E-state index contributed by atoms with van der Waals surface area (Å²) in [5.41, 5.74) is 0.827. The number of carbonyl (C=O) groups is 1. The number of rotatable bonds is 6. The quantitative estimate of drug-likeness (QED) is 0.679. The van der Waals surface area contributed by atoms with Crippen LogP contribution in [0.3, 0.4) is 0 Å². The molecule has 7 heteroatoms. The van der Waals surface area contributed by atoms with Crippen LogP contribution < -0.4 is 5.32 Å². The van der Waals surface area contributed by atoms with Crippen LogP contribution in [0.2, 0.25) is 0 Å². The number of fused-ring (bicyclic) bond motifs is 1. The molecule has 0 unspecified atom stereocenters. The van der Waals surface area contributed by atoms with Crippen LogP contribution in [0.1, 0.15) is 21.1 Å². The third-order valence-corrected chi connectivity index (χ3v) is 4.32. The first-order valence-corrected chi connectivity index (χ1v) is 7.27. The monoisotopic (exact) mass is 303 g/mol. The lowest BCUT2D eigenvalue weighted by molar-refractivity contribution is 0.0701. The highest BCUT2D eigenvalue weighted by molar-refractivity contribution is 7.21. The predicted molar refractivity (Wildman–Crippen MR) is 78.5 cm³/mol. The molecule has 21 heavy (non-hydrogen) atoms. The highest BCUT2D eigenvalue weighted by Crippen LogP contribution is 2.31. The Bertz CT molecular complexity index is 752. The van der Waals surface area contributed by atoms with Gasteiger partial charge in [0, 0.05) is 24.2 Å². The molecule has 2 aromatic heterocycles. The van der Waals surface area contributed by atoms with Crippen LogP contribution in [0.5, 0.6) is 0 Å². The zero-order chi connectivity index (χ0) is 14.7. The summed E-state index contributed by atoms with van der Waals surface area (Å²) >= 11 is 1.31. The van der Waals surface area contributed by atoms with Crippen molar-refractivity contribution in [2.75, 3.05) is 6.54 Å². The Morgan fingerprint density at radius 3 is 3.00 bits per heavy atom. The highest BCUT2D eigenvalue weighted by Gasteiger charge is 2.16. The second-order valence-corrected chi connectivity index (χ2v) is 5.53. The van der Waals surface area contributed by atoms with Crippen LogP contribution >= 0.6 is 11.3 Å². The number of thiophene rings is 1. The van der Waals surface area contributed by atoms with Crippen molar-refractivity contribution in [3.8, 4) is 0 Å². The molecule has 0 spiro atoms. The Morgan fingerprint density at radius 2 is 2.24 bits per heavy atom. The van der Waals surface area contributed by atoms with E-state index in [-0.39, 0.29) is 0 Å². The van der Waals surface area contributed by atoms with Crippen LogP contribution in [0.25, 0.3) is 10.1 Å². The molecule has 2 N–H and O–H groups in total. The van der Waals surface area contributed by atoms with Gasteiger partial charge in [-0.2, -0.15) is 4.98 Å². The van der Waals surface area contributed by atoms with E-state index < -0.39 is 5.97 Å². The van der Waals surface area contributed by atoms with Crippen molar-refractivity contribution in [3.05, 3.63) is 46.9 Å². The van der Waals surface area contributed by atoms with Gasteiger partial charge < -0.3 is 14.9 Å². The maximum Gasteiger partial charge on any atom is 0.346 e. The van der Waals surface area contributed by atoms with Gasteiger partial charge in [0.05, 0.1) is 0 Å². The molecule has 108 valence electrons. The van der Waals surface area contributed by atoms with Gasteiger partial charge in [0.15, 0.2) is 6.33 Å². The van der Waals surface area contributed by atoms with Crippen molar-refractivity contribution in [1.29, 1.82) is 0 Å². The molecule has 0 aliphatic rings. The molecular weight excluding hydrogens is 290 g/mol. The van der Waals surface area contributed by atoms with Crippen molar-refractivity contribution < 1.29 is 14.4 Å². The summed E-state index contributed by atoms with van der Waals surface area (Å²) in [6, 6.07) is 7.72. The average Bonchev–Trinajstić information content (AvgIpc) is 3.11. The first-order chi connectivity index (χ1) is 10.3. The topological polar surface area (TPSA) is 88.2 Å². The van der Waals surface area contributed by atoms with Crippen molar-refractivity contribution in [2.45, 2.75) is 13.0 Å². The number of nitrogens with one attached hydrogen (secondary N) is 1. The number of carboxylic acid groups (broad SMARTS) is 1. The Kier molecular flexibility index (Phi) is 3.94. The van der Waals surface area contributed by atoms with Gasteiger partial charge in [-0.05, 0) is 17.0 Å². The molecule has 0 saturated carbocycles. The summed E-state index contributed by atoms with van der Waals surface area (Å²) in [4.78, 5) is 15.7. The van der Waals surface area contributed by atoms with Crippen LogP contribution in [-0.4, -0.2) is 27.8 Å². The number of hydrogen-bond acceptors (Lipinski definition) is 6. The minimum atomic E-state index is -0.884. The van der Waals surface area contributed by atoms with Gasteiger partial charge in [0.2, 0.25) is 5.89 Å². The van der Waals surface area contributed by atoms with Gasteiger partial charge in [-0.1, -0.05) is 23.4 Å². The molecule has 0 bridgehead atoms. The summed E-state index contributed by atoms with van der Waals surface area (Å²) in [5.74, 6) is -0.318. The van der Waals surface area contributed by atoms with E-state index in [1.807, 2.05) is 24.3 Å². The molecule has 0 amide bonds. The van der Waals surface area contributed by atoms with Gasteiger partial charge in [0.25, 0.3) is 0 Å². The predicted octanol–water partition coefficient (Wildman–Crippen LogP) is 2.31. The van der Waals surface area contributed by atoms with Gasteiger partial charge in [-0.3, -0.25) is 0 Å². The van der Waals surface area contributed by atoms with E-state index in [0.29, 0.717) is 30.3 Å². The number of nitrogens with zero attached hydrogens (tertiary/aromatic N) is 2. The summed E-state index contributed by atoms with van der Waals surface area (Å²) < 4.78 is 5.90. The van der Waals surface area contributed by atoms with Gasteiger partial charge in [-0.25, -0.2) is 4.79 Å². The second-order valence-electron chi connectivity index (χ2n) is 4.47. The summed E-state index contributed by atoms with van der Waals surface area (Å²) in [6.45, 7) is 1.14. The number of aromatic nitrogens is 2. The van der Waals surface area contributed by atoms with E-state index in [0.717, 1.165) is 15.6 Å². The number of benzene rings is 1. The fourth-order valence-electron chi connectivity index (χ4n) is 2.16. The lowest BCUT2D eigenvalue weighted by Gasteiger charge is -2.04. The van der Waals surface area contributed by atoms with Gasteiger partial charge in [0.1, 0.15) is 4.88 Å². The van der Waals surface area contributed by atoms with Crippen molar-refractivity contribution in [1.82, 2.24) is 15.5 Å². The molecule has 0 radical (unpaired) electrons. The molecule has 3 aromatic rings. The fraction of sp³-hybridized carbons (Fsp3) is 0.214. The van der Waals surface area contributed by atoms with Crippen LogP contribution in [0.15, 0.2) is 35.1 Å². The van der Waals surface area contributed by atoms with Crippen LogP contribution in [-0.2, 0) is 13.0 Å². The molecule has 0 aliphatic heterocycles. The molecule has 6 nitrogen and oxygen atoms in total. The number of aromatic carboxylic acids is 1. The zero-order valence-corrected chi connectivity index (χ0v) is 11.9. The maximum absolute atomic E-state index is 11.4. The smallest absolute Gasteiger partial charge is 0.346 e. The maximum atomic E-state index is 11.4. The molecule has 1 aromatic carbocycles. The molecule has 3 rings (SSSR count). The Hall–Kier alpha value is -2.25. The first kappa shape index (κ1) is 13.7. The molecule has 0 aliphatic carbocycles. The fourth-order valence-corrected chi connectivity index (χ4v) is 3.22. The van der Waals surface area contributed by atoms with Crippen molar-refractivity contribution in [2.24, 2.45) is 0 Å². The normalized spacial score (nSPS) is 11.0. The molecule has 0 atom stereocenters. The van der Waals surface area contributed by atoms with Crippen LogP contribution in [0, 0.1) is 0 Å². The third kappa shape index (κ3) is 2.93. The minimum absolute atomic E-state index is 0.390. The Balaban J connectivity index is 1.73. The molecule has 2 heterocycles. The van der Waals surface area contributed by atoms with Crippen molar-refractivity contribution in [3.63, 3.8) is 0 Å². The second kappa shape index (κ2) is 6.02. The zero-order valence-electron chi connectivity index (χ0n) is 11.1. The Labute approximate surface area is 124 Å². The van der Waals surface area contributed by atoms with E-state index in [2.05, 4.69) is 15.5 Å². The summed E-state index contributed by atoms with van der Waals surface area (Å²) in [7, 11) is 0. The molecule has 0 saturated heterocycles. The van der Waals surface area contributed by atoms with Gasteiger partial charge in [-0.15, -0.1) is 11.3 Å². The minimum Gasteiger partial charge on any atom is -0.477 e. The first-order valence-electron chi connectivity index (χ1n) is 6.45. The van der Waals surface area contributed by atoms with E-state index >= 15 is 0 Å².